The van der Waals surface area contributed by atoms with E-state index in [9.17, 15) is 24.6 Å². The SMILES string of the molecule is CCCCCCC(CCCCCC(O)C(N)=O)OC(=O)C1CCCN1C(=O)c1ccccc1O. The molecule has 8 nitrogen and oxygen atoms in total. The molecule has 1 fully saturated rings. The number of hydrogen-bond acceptors (Lipinski definition) is 6. The number of phenolic OH excluding ortho intramolecular Hbond substituents is 1. The smallest absolute Gasteiger partial charge is 0.329 e. The minimum atomic E-state index is -1.11. The lowest BCUT2D eigenvalue weighted by Crippen LogP contribution is -2.42. The van der Waals surface area contributed by atoms with Gasteiger partial charge in [-0.2, -0.15) is 0 Å². The Morgan fingerprint density at radius 2 is 1.71 bits per heavy atom. The van der Waals surface area contributed by atoms with Crippen molar-refractivity contribution in [2.75, 3.05) is 6.54 Å². The molecule has 2 rings (SSSR count). The number of carbonyl (C=O) groups excluding carboxylic acids is 3. The predicted octanol–water partition coefficient (Wildman–Crippen LogP) is 3.68. The molecule has 1 heterocycles. The van der Waals surface area contributed by atoms with Crippen molar-refractivity contribution in [1.29, 1.82) is 0 Å². The van der Waals surface area contributed by atoms with Crippen LogP contribution < -0.4 is 5.73 Å². The number of amides is 2. The van der Waals surface area contributed by atoms with Gasteiger partial charge in [-0.3, -0.25) is 9.59 Å². The molecule has 1 aromatic rings. The molecule has 3 atom stereocenters. The van der Waals surface area contributed by atoms with Crippen molar-refractivity contribution >= 4 is 17.8 Å². The normalized spacial score (nSPS) is 17.4. The number of nitrogens with two attached hydrogens (primary N) is 1. The Kier molecular flexibility index (Phi) is 11.9. The summed E-state index contributed by atoms with van der Waals surface area (Å²) in [7, 11) is 0. The summed E-state index contributed by atoms with van der Waals surface area (Å²) < 4.78 is 5.91. The standard InChI is InChI=1S/C26H40N2O6/c1-2-3-4-6-12-19(13-7-5-8-17-23(30)24(27)31)34-26(33)21-15-11-18-28(21)25(32)20-14-9-10-16-22(20)29/h9-10,14,16,19,21,23,29-30H,2-8,11-13,15,17-18H2,1H3,(H2,27,31). The number of phenols is 1. The van der Waals surface area contributed by atoms with Gasteiger partial charge in [0.2, 0.25) is 5.91 Å². The van der Waals surface area contributed by atoms with Crippen molar-refractivity contribution in [1.82, 2.24) is 4.90 Å². The summed E-state index contributed by atoms with van der Waals surface area (Å²) in [5.74, 6) is -1.54. The number of nitrogens with zero attached hydrogens (tertiary/aromatic N) is 1. The number of ether oxygens (including phenoxy) is 1. The highest BCUT2D eigenvalue weighted by Crippen LogP contribution is 2.26. The molecule has 0 spiro atoms. The maximum atomic E-state index is 13.1. The minimum Gasteiger partial charge on any atom is -0.507 e. The van der Waals surface area contributed by atoms with Gasteiger partial charge in [-0.15, -0.1) is 0 Å². The second-order valence-electron chi connectivity index (χ2n) is 9.14. The number of esters is 1. The first-order valence-corrected chi connectivity index (χ1v) is 12.6. The lowest BCUT2D eigenvalue weighted by atomic mass is 10.0. The maximum Gasteiger partial charge on any atom is 0.329 e. The third-order valence-corrected chi connectivity index (χ3v) is 6.41. The van der Waals surface area contributed by atoms with E-state index >= 15 is 0 Å². The fourth-order valence-electron chi connectivity index (χ4n) is 4.40. The van der Waals surface area contributed by atoms with E-state index < -0.39 is 18.1 Å². The van der Waals surface area contributed by atoms with Crippen molar-refractivity contribution in [2.45, 2.75) is 102 Å². The number of aliphatic hydroxyl groups is 1. The molecule has 4 N–H and O–H groups in total. The molecule has 34 heavy (non-hydrogen) atoms. The van der Waals surface area contributed by atoms with Gasteiger partial charge in [-0.1, -0.05) is 51.2 Å². The summed E-state index contributed by atoms with van der Waals surface area (Å²) in [5, 5.41) is 19.6. The fraction of sp³-hybridized carbons (Fsp3) is 0.654. The number of aliphatic hydroxyl groups excluding tert-OH is 1. The van der Waals surface area contributed by atoms with E-state index in [0.717, 1.165) is 44.9 Å². The van der Waals surface area contributed by atoms with Crippen LogP contribution in [0.4, 0.5) is 0 Å². The summed E-state index contributed by atoms with van der Waals surface area (Å²) in [6.07, 6.45) is 8.31. The van der Waals surface area contributed by atoms with Gasteiger partial charge in [0.05, 0.1) is 5.56 Å². The molecule has 190 valence electrons. The average Bonchev–Trinajstić information content (AvgIpc) is 3.31. The van der Waals surface area contributed by atoms with Crippen molar-refractivity contribution in [3.63, 3.8) is 0 Å². The molecule has 1 aliphatic rings. The molecule has 8 heteroatoms. The van der Waals surface area contributed by atoms with Crippen LogP contribution in [0.15, 0.2) is 24.3 Å². The van der Waals surface area contributed by atoms with Crippen molar-refractivity contribution in [3.05, 3.63) is 29.8 Å². The third-order valence-electron chi connectivity index (χ3n) is 6.41. The maximum absolute atomic E-state index is 13.1. The second-order valence-corrected chi connectivity index (χ2v) is 9.14. The van der Waals surface area contributed by atoms with Crippen LogP contribution in [-0.2, 0) is 14.3 Å². The first kappa shape index (κ1) is 27.6. The summed E-state index contributed by atoms with van der Waals surface area (Å²) in [6.45, 7) is 2.60. The zero-order valence-corrected chi connectivity index (χ0v) is 20.3. The van der Waals surface area contributed by atoms with Gasteiger partial charge >= 0.3 is 5.97 Å². The van der Waals surface area contributed by atoms with Crippen LogP contribution in [0.25, 0.3) is 0 Å². The second kappa shape index (κ2) is 14.6. The molecule has 1 saturated heterocycles. The first-order chi connectivity index (χ1) is 16.3. The van der Waals surface area contributed by atoms with E-state index in [-0.39, 0.29) is 29.3 Å². The molecule has 3 unspecified atom stereocenters. The third kappa shape index (κ3) is 8.63. The lowest BCUT2D eigenvalue weighted by molar-refractivity contribution is -0.154. The molecule has 0 aromatic heterocycles. The Hall–Kier alpha value is -2.61. The van der Waals surface area contributed by atoms with Crippen LogP contribution in [0.2, 0.25) is 0 Å². The van der Waals surface area contributed by atoms with Crippen LogP contribution >= 0.6 is 0 Å². The summed E-state index contributed by atoms with van der Waals surface area (Å²) in [4.78, 5) is 38.5. The van der Waals surface area contributed by atoms with E-state index in [2.05, 4.69) is 6.92 Å². The van der Waals surface area contributed by atoms with Gasteiger partial charge in [0.15, 0.2) is 0 Å². The number of carbonyl (C=O) groups is 3. The molecule has 1 aliphatic heterocycles. The highest BCUT2D eigenvalue weighted by molar-refractivity contribution is 5.99. The van der Waals surface area contributed by atoms with Gasteiger partial charge in [0.25, 0.3) is 5.91 Å². The van der Waals surface area contributed by atoms with Crippen molar-refractivity contribution in [3.8, 4) is 5.75 Å². The van der Waals surface area contributed by atoms with E-state index in [1.165, 1.54) is 11.0 Å². The summed E-state index contributed by atoms with van der Waals surface area (Å²) >= 11 is 0. The van der Waals surface area contributed by atoms with Crippen LogP contribution in [0.5, 0.6) is 5.75 Å². The van der Waals surface area contributed by atoms with Crippen LogP contribution in [0, 0.1) is 0 Å². The summed E-state index contributed by atoms with van der Waals surface area (Å²) in [5.41, 5.74) is 5.27. The van der Waals surface area contributed by atoms with Gasteiger partial charge in [0.1, 0.15) is 24.0 Å². The quantitative estimate of drug-likeness (QED) is 0.261. The van der Waals surface area contributed by atoms with Crippen molar-refractivity contribution < 1.29 is 29.3 Å². The van der Waals surface area contributed by atoms with E-state index in [0.29, 0.717) is 38.6 Å². The minimum absolute atomic E-state index is 0.0956. The predicted molar refractivity (Wildman–Crippen MR) is 129 cm³/mol. The zero-order chi connectivity index (χ0) is 24.9. The average molecular weight is 477 g/mol. The van der Waals surface area contributed by atoms with Gasteiger partial charge in [0, 0.05) is 6.54 Å². The van der Waals surface area contributed by atoms with Crippen LogP contribution in [-0.4, -0.2) is 57.7 Å². The molecule has 1 aromatic carbocycles. The molecular formula is C26H40N2O6. The lowest BCUT2D eigenvalue weighted by Gasteiger charge is -2.26. The number of likely N-dealkylation sites (tertiary alicyclic amines) is 1. The molecule has 0 radical (unpaired) electrons. The Morgan fingerprint density at radius 3 is 2.35 bits per heavy atom. The van der Waals surface area contributed by atoms with Crippen LogP contribution in [0.3, 0.4) is 0 Å². The number of benzene rings is 1. The molecular weight excluding hydrogens is 436 g/mol. The Balaban J connectivity index is 1.92. The first-order valence-electron chi connectivity index (χ1n) is 12.6. The van der Waals surface area contributed by atoms with Crippen LogP contribution in [0.1, 0.15) is 94.3 Å². The molecule has 0 saturated carbocycles. The number of unbranched alkanes of at least 4 members (excludes halogenated alkanes) is 5. The fourth-order valence-corrected chi connectivity index (χ4v) is 4.40. The summed E-state index contributed by atoms with van der Waals surface area (Å²) in [6, 6.07) is 5.72. The highest BCUT2D eigenvalue weighted by atomic mass is 16.5. The van der Waals surface area contributed by atoms with E-state index in [1.54, 1.807) is 18.2 Å². The van der Waals surface area contributed by atoms with E-state index in [1.807, 2.05) is 0 Å². The number of hydrogen-bond donors (Lipinski definition) is 3. The molecule has 0 bridgehead atoms. The van der Waals surface area contributed by atoms with E-state index in [4.69, 9.17) is 10.5 Å². The van der Waals surface area contributed by atoms with Crippen molar-refractivity contribution in [2.24, 2.45) is 5.73 Å². The zero-order valence-electron chi connectivity index (χ0n) is 20.3. The topological polar surface area (TPSA) is 130 Å². The van der Waals surface area contributed by atoms with Gasteiger partial charge in [-0.25, -0.2) is 4.79 Å². The highest BCUT2D eigenvalue weighted by Gasteiger charge is 2.37. The Bertz CT molecular complexity index is 799. The largest absolute Gasteiger partial charge is 0.507 e. The van der Waals surface area contributed by atoms with Gasteiger partial charge < -0.3 is 25.6 Å². The Morgan fingerprint density at radius 1 is 1.06 bits per heavy atom. The number of rotatable bonds is 15. The Labute approximate surface area is 202 Å². The number of para-hydroxylation sites is 1. The molecule has 0 aliphatic carbocycles. The number of primary amides is 1. The molecule has 2 amide bonds. The number of aromatic hydroxyl groups is 1. The van der Waals surface area contributed by atoms with Gasteiger partial charge in [-0.05, 0) is 57.1 Å². The monoisotopic (exact) mass is 476 g/mol.